The van der Waals surface area contributed by atoms with Gasteiger partial charge in [0.2, 0.25) is 10.0 Å². The lowest BCUT2D eigenvalue weighted by atomic mass is 9.84. The minimum absolute atomic E-state index is 0.251. The molecule has 25 heavy (non-hydrogen) atoms. The zero-order valence-corrected chi connectivity index (χ0v) is 15.6. The number of benzene rings is 1. The van der Waals surface area contributed by atoms with Gasteiger partial charge in [0.15, 0.2) is 0 Å². The summed E-state index contributed by atoms with van der Waals surface area (Å²) in [6, 6.07) is 6.69. The van der Waals surface area contributed by atoms with Gasteiger partial charge in [0.05, 0.1) is 4.90 Å². The molecule has 0 spiro atoms. The normalized spacial score (nSPS) is 27.4. The average Bonchev–Trinajstić information content (AvgIpc) is 2.94. The maximum absolute atomic E-state index is 12.3. The minimum atomic E-state index is -3.49. The largest absolute Gasteiger partial charge is 0.480 e. The highest BCUT2D eigenvalue weighted by molar-refractivity contribution is 7.89. The first-order chi connectivity index (χ1) is 11.8. The summed E-state index contributed by atoms with van der Waals surface area (Å²) < 4.78 is 25.9. The molecule has 138 valence electrons. The number of sulfonamides is 1. The number of rotatable bonds is 5. The Kier molecular flexibility index (Phi) is 5.18. The number of hydrogen-bond donors (Lipinski definition) is 1. The molecule has 1 N–H and O–H groups in total. The summed E-state index contributed by atoms with van der Waals surface area (Å²) in [6.45, 7) is 0.481. The summed E-state index contributed by atoms with van der Waals surface area (Å²) in [5.74, 6) is -0.324. The van der Waals surface area contributed by atoms with Crippen LogP contribution in [0.5, 0.6) is 0 Å². The van der Waals surface area contributed by atoms with Crippen LogP contribution in [0.15, 0.2) is 29.2 Å². The third kappa shape index (κ3) is 3.59. The van der Waals surface area contributed by atoms with Crippen LogP contribution in [0, 0.1) is 5.92 Å². The van der Waals surface area contributed by atoms with E-state index in [0.29, 0.717) is 24.9 Å². The van der Waals surface area contributed by atoms with Crippen LogP contribution in [0.3, 0.4) is 0 Å². The predicted molar refractivity (Wildman–Crippen MR) is 94.6 cm³/mol. The van der Waals surface area contributed by atoms with Crippen molar-refractivity contribution in [3.63, 3.8) is 0 Å². The van der Waals surface area contributed by atoms with E-state index < -0.39 is 22.0 Å². The fraction of sp³-hybridized carbons (Fsp3) is 0.611. The summed E-state index contributed by atoms with van der Waals surface area (Å²) >= 11 is 0. The molecule has 1 heterocycles. The highest BCUT2D eigenvalue weighted by atomic mass is 32.2. The first kappa shape index (κ1) is 18.4. The highest BCUT2D eigenvalue weighted by Gasteiger charge is 2.45. The molecule has 6 nitrogen and oxygen atoms in total. The van der Waals surface area contributed by atoms with Gasteiger partial charge in [0.25, 0.3) is 0 Å². The van der Waals surface area contributed by atoms with Crippen molar-refractivity contribution in [2.75, 3.05) is 14.1 Å². The zero-order chi connectivity index (χ0) is 18.2. The van der Waals surface area contributed by atoms with Crippen LogP contribution in [-0.2, 0) is 21.4 Å². The van der Waals surface area contributed by atoms with Crippen molar-refractivity contribution in [3.05, 3.63) is 29.8 Å². The second-order valence-corrected chi connectivity index (χ2v) is 9.46. The molecule has 1 aliphatic carbocycles. The summed E-state index contributed by atoms with van der Waals surface area (Å²) in [5, 5.41) is 9.62. The maximum atomic E-state index is 12.3. The van der Waals surface area contributed by atoms with E-state index in [1.807, 2.05) is 6.07 Å². The van der Waals surface area contributed by atoms with Crippen LogP contribution >= 0.6 is 0 Å². The molecule has 0 amide bonds. The number of carbonyl (C=O) groups is 1. The molecule has 1 saturated heterocycles. The minimum Gasteiger partial charge on any atom is -0.480 e. The first-order valence-electron chi connectivity index (χ1n) is 8.80. The van der Waals surface area contributed by atoms with Gasteiger partial charge >= 0.3 is 5.97 Å². The van der Waals surface area contributed by atoms with Crippen LogP contribution in [0.4, 0.5) is 0 Å². The Hall–Kier alpha value is -1.44. The van der Waals surface area contributed by atoms with Gasteiger partial charge in [0, 0.05) is 26.7 Å². The summed E-state index contributed by atoms with van der Waals surface area (Å²) in [7, 11) is -0.469. The molecule has 0 bridgehead atoms. The quantitative estimate of drug-likeness (QED) is 0.864. The molecule has 0 aromatic heterocycles. The van der Waals surface area contributed by atoms with Crippen LogP contribution in [0.1, 0.15) is 37.7 Å². The predicted octanol–water partition coefficient (Wildman–Crippen LogP) is 2.15. The van der Waals surface area contributed by atoms with Crippen LogP contribution in [-0.4, -0.2) is 54.9 Å². The van der Waals surface area contributed by atoms with Crippen LogP contribution < -0.4 is 0 Å². The van der Waals surface area contributed by atoms with Gasteiger partial charge in [-0.1, -0.05) is 25.0 Å². The summed E-state index contributed by atoms with van der Waals surface area (Å²) in [4.78, 5) is 14.0. The van der Waals surface area contributed by atoms with Gasteiger partial charge < -0.3 is 5.11 Å². The van der Waals surface area contributed by atoms with Crippen molar-refractivity contribution in [3.8, 4) is 0 Å². The van der Waals surface area contributed by atoms with E-state index in [1.54, 1.807) is 18.2 Å². The molecule has 0 unspecified atom stereocenters. The van der Waals surface area contributed by atoms with Crippen molar-refractivity contribution in [2.24, 2.45) is 5.92 Å². The number of carboxylic acid groups (broad SMARTS) is 1. The molecule has 1 aromatic carbocycles. The molecule has 2 aliphatic rings. The number of carboxylic acids is 1. The maximum Gasteiger partial charge on any atom is 0.320 e. The van der Waals surface area contributed by atoms with Gasteiger partial charge in [0.1, 0.15) is 6.04 Å². The van der Waals surface area contributed by atoms with Crippen LogP contribution in [0.2, 0.25) is 0 Å². The van der Waals surface area contributed by atoms with Crippen molar-refractivity contribution in [2.45, 2.75) is 55.6 Å². The molecule has 3 atom stereocenters. The lowest BCUT2D eigenvalue weighted by molar-refractivity contribution is -0.142. The number of nitrogens with zero attached hydrogens (tertiary/aromatic N) is 2. The Labute approximate surface area is 149 Å². The molecule has 3 rings (SSSR count). The first-order valence-corrected chi connectivity index (χ1v) is 10.2. The van der Waals surface area contributed by atoms with Crippen molar-refractivity contribution in [1.29, 1.82) is 0 Å². The standard InChI is InChI=1S/C18H26N2O4S/c1-19(2)25(23,24)15-8-5-6-13(10-15)12-20-16-9-4-3-7-14(16)11-17(20)18(21)22/h5-6,8,10,14,16-17H,3-4,7,9,11-12H2,1-2H3,(H,21,22)/t14-,16+,17+/m1/s1. The van der Waals surface area contributed by atoms with Gasteiger partial charge in [-0.05, 0) is 42.9 Å². The van der Waals surface area contributed by atoms with Crippen molar-refractivity contribution < 1.29 is 18.3 Å². The van der Waals surface area contributed by atoms with E-state index in [-0.39, 0.29) is 4.90 Å². The Morgan fingerprint density at radius 3 is 2.68 bits per heavy atom. The van der Waals surface area contributed by atoms with Crippen LogP contribution in [0.25, 0.3) is 0 Å². The van der Waals surface area contributed by atoms with Gasteiger partial charge in [-0.15, -0.1) is 0 Å². The van der Waals surface area contributed by atoms with E-state index in [1.165, 1.54) is 24.8 Å². The Morgan fingerprint density at radius 2 is 2.00 bits per heavy atom. The molecule has 1 saturated carbocycles. The fourth-order valence-electron chi connectivity index (χ4n) is 4.25. The number of hydrogen-bond acceptors (Lipinski definition) is 4. The lowest BCUT2D eigenvalue weighted by Crippen LogP contribution is -2.41. The molecule has 0 radical (unpaired) electrons. The average molecular weight is 366 g/mol. The van der Waals surface area contributed by atoms with Crippen molar-refractivity contribution in [1.82, 2.24) is 9.21 Å². The number of likely N-dealkylation sites (tertiary alicyclic amines) is 1. The van der Waals surface area contributed by atoms with Crippen molar-refractivity contribution >= 4 is 16.0 Å². The Morgan fingerprint density at radius 1 is 1.28 bits per heavy atom. The fourth-order valence-corrected chi connectivity index (χ4v) is 5.22. The topological polar surface area (TPSA) is 77.9 Å². The second-order valence-electron chi connectivity index (χ2n) is 7.31. The Bertz CT molecular complexity index is 747. The van der Waals surface area contributed by atoms with E-state index in [0.717, 1.165) is 24.8 Å². The smallest absolute Gasteiger partial charge is 0.320 e. The lowest BCUT2D eigenvalue weighted by Gasteiger charge is -2.33. The Balaban J connectivity index is 1.86. The highest BCUT2D eigenvalue weighted by Crippen LogP contribution is 2.40. The van der Waals surface area contributed by atoms with Gasteiger partial charge in [-0.25, -0.2) is 12.7 Å². The monoisotopic (exact) mass is 366 g/mol. The number of aliphatic carboxylic acids is 1. The number of fused-ring (bicyclic) bond motifs is 1. The van der Waals surface area contributed by atoms with E-state index in [9.17, 15) is 18.3 Å². The van der Waals surface area contributed by atoms with E-state index in [4.69, 9.17) is 0 Å². The summed E-state index contributed by atoms with van der Waals surface area (Å²) in [6.07, 6.45) is 5.15. The zero-order valence-electron chi connectivity index (χ0n) is 14.8. The van der Waals surface area contributed by atoms with Gasteiger partial charge in [-0.3, -0.25) is 9.69 Å². The second kappa shape index (κ2) is 7.05. The van der Waals surface area contributed by atoms with E-state index in [2.05, 4.69) is 4.90 Å². The molecule has 1 aromatic rings. The summed E-state index contributed by atoms with van der Waals surface area (Å²) in [5.41, 5.74) is 0.848. The molecule has 7 heteroatoms. The SMILES string of the molecule is CN(C)S(=O)(=O)c1cccc(CN2[C@H](C(=O)O)C[C@H]3CCCC[C@@H]32)c1. The molecular weight excluding hydrogens is 340 g/mol. The molecule has 2 fully saturated rings. The third-order valence-corrected chi connectivity index (χ3v) is 7.36. The molecule has 1 aliphatic heterocycles. The van der Waals surface area contributed by atoms with E-state index >= 15 is 0 Å². The third-order valence-electron chi connectivity index (χ3n) is 5.55. The molecular formula is C18H26N2O4S. The van der Waals surface area contributed by atoms with Gasteiger partial charge in [-0.2, -0.15) is 0 Å².